The quantitative estimate of drug-likeness (QED) is 0.763. The lowest BCUT2D eigenvalue weighted by Gasteiger charge is -2.10. The molecule has 0 saturated heterocycles. The Balaban J connectivity index is 1.98. The number of hydrogen-bond donors (Lipinski definition) is 1. The summed E-state index contributed by atoms with van der Waals surface area (Å²) >= 11 is 0. The van der Waals surface area contributed by atoms with Crippen LogP contribution in [0.1, 0.15) is 24.9 Å². The minimum atomic E-state index is 0.119. The van der Waals surface area contributed by atoms with Crippen molar-refractivity contribution >= 4 is 10.9 Å². The molecule has 2 heteroatoms. The number of pyridine rings is 1. The highest BCUT2D eigenvalue weighted by molar-refractivity contribution is 5.81. The molecule has 0 bridgehead atoms. The molecule has 2 aromatic carbocycles. The second-order valence-electron chi connectivity index (χ2n) is 5.03. The van der Waals surface area contributed by atoms with Crippen molar-refractivity contribution < 1.29 is 0 Å². The van der Waals surface area contributed by atoms with Crippen LogP contribution in [0.15, 0.2) is 60.7 Å². The minimum absolute atomic E-state index is 0.119. The van der Waals surface area contributed by atoms with Gasteiger partial charge in [0.2, 0.25) is 0 Å². The maximum absolute atomic E-state index is 6.04. The highest BCUT2D eigenvalue weighted by atomic mass is 14.7. The smallest absolute Gasteiger partial charge is 0.0709 e. The number of fused-ring (bicyclic) bond motifs is 1. The van der Waals surface area contributed by atoms with Gasteiger partial charge in [-0.3, -0.25) is 0 Å². The molecule has 0 spiro atoms. The Morgan fingerprint density at radius 1 is 0.950 bits per heavy atom. The van der Waals surface area contributed by atoms with E-state index in [0.29, 0.717) is 0 Å². The second-order valence-corrected chi connectivity index (χ2v) is 5.03. The number of hydrogen-bond acceptors (Lipinski definition) is 2. The molecule has 1 heterocycles. The first-order valence-corrected chi connectivity index (χ1v) is 6.99. The van der Waals surface area contributed by atoms with Crippen LogP contribution in [-0.2, 0) is 0 Å². The fraction of sp³-hybridized carbons (Fsp3) is 0.167. The van der Waals surface area contributed by atoms with Crippen molar-refractivity contribution in [2.24, 2.45) is 5.73 Å². The summed E-state index contributed by atoms with van der Waals surface area (Å²) in [6, 6.07) is 20.9. The normalized spacial score (nSPS) is 12.5. The summed E-state index contributed by atoms with van der Waals surface area (Å²) in [5, 5.41) is 1.17. The van der Waals surface area contributed by atoms with E-state index < -0.39 is 0 Å². The zero-order chi connectivity index (χ0) is 13.9. The predicted octanol–water partition coefficient (Wildman–Crippen LogP) is 4.31. The van der Waals surface area contributed by atoms with Gasteiger partial charge in [-0.2, -0.15) is 0 Å². The van der Waals surface area contributed by atoms with E-state index in [1.165, 1.54) is 10.9 Å². The number of para-hydroxylation sites is 1. The van der Waals surface area contributed by atoms with Gasteiger partial charge in [0, 0.05) is 17.0 Å². The lowest BCUT2D eigenvalue weighted by atomic mass is 10.0. The Morgan fingerprint density at radius 3 is 2.45 bits per heavy atom. The Labute approximate surface area is 119 Å². The van der Waals surface area contributed by atoms with Crippen LogP contribution in [0.3, 0.4) is 0 Å². The summed E-state index contributed by atoms with van der Waals surface area (Å²) in [5.41, 5.74) is 10.4. The second kappa shape index (κ2) is 5.43. The molecule has 0 aliphatic heterocycles. The minimum Gasteiger partial charge on any atom is -0.324 e. The third-order valence-corrected chi connectivity index (χ3v) is 3.67. The lowest BCUT2D eigenvalue weighted by Crippen LogP contribution is -2.08. The maximum Gasteiger partial charge on any atom is 0.0709 e. The summed E-state index contributed by atoms with van der Waals surface area (Å²) in [6.45, 7) is 2.10. The first-order chi connectivity index (χ1) is 9.78. The van der Waals surface area contributed by atoms with E-state index >= 15 is 0 Å². The molecule has 0 aliphatic carbocycles. The fourth-order valence-electron chi connectivity index (χ4n) is 2.36. The molecule has 100 valence electrons. The van der Waals surface area contributed by atoms with E-state index in [4.69, 9.17) is 10.7 Å². The average Bonchev–Trinajstić information content (AvgIpc) is 2.54. The van der Waals surface area contributed by atoms with Crippen molar-refractivity contribution in [2.75, 3.05) is 0 Å². The third kappa shape index (κ3) is 2.43. The monoisotopic (exact) mass is 262 g/mol. The molecular formula is C18H18N2. The highest BCUT2D eigenvalue weighted by Gasteiger charge is 2.05. The molecule has 1 aromatic heterocycles. The highest BCUT2D eigenvalue weighted by Crippen LogP contribution is 2.23. The van der Waals surface area contributed by atoms with Crippen molar-refractivity contribution in [2.45, 2.75) is 19.4 Å². The molecule has 20 heavy (non-hydrogen) atoms. The summed E-state index contributed by atoms with van der Waals surface area (Å²) in [5.74, 6) is 0. The van der Waals surface area contributed by atoms with Crippen molar-refractivity contribution in [1.82, 2.24) is 4.98 Å². The Hall–Kier alpha value is -2.19. The molecule has 0 amide bonds. The number of nitrogens with two attached hydrogens (primary N) is 1. The molecule has 2 nitrogen and oxygen atoms in total. The van der Waals surface area contributed by atoms with Crippen LogP contribution in [-0.4, -0.2) is 4.98 Å². The number of aromatic nitrogens is 1. The Kier molecular flexibility index (Phi) is 3.48. The molecule has 1 atom stereocenters. The van der Waals surface area contributed by atoms with Crippen LogP contribution < -0.4 is 5.73 Å². The number of nitrogens with zero attached hydrogens (tertiary/aromatic N) is 1. The fourth-order valence-corrected chi connectivity index (χ4v) is 2.36. The summed E-state index contributed by atoms with van der Waals surface area (Å²) in [7, 11) is 0. The van der Waals surface area contributed by atoms with Crippen LogP contribution in [0.4, 0.5) is 0 Å². The first-order valence-electron chi connectivity index (χ1n) is 6.99. The molecule has 0 saturated carbocycles. The maximum atomic E-state index is 6.04. The summed E-state index contributed by atoms with van der Waals surface area (Å²) < 4.78 is 0. The summed E-state index contributed by atoms with van der Waals surface area (Å²) in [4.78, 5) is 4.71. The van der Waals surface area contributed by atoms with E-state index in [1.807, 2.05) is 18.2 Å². The van der Waals surface area contributed by atoms with E-state index in [1.54, 1.807) is 0 Å². The molecular weight excluding hydrogens is 244 g/mol. The van der Waals surface area contributed by atoms with Crippen LogP contribution in [0.5, 0.6) is 0 Å². The average molecular weight is 262 g/mol. The Morgan fingerprint density at radius 2 is 1.70 bits per heavy atom. The Bertz CT molecular complexity index is 717. The molecule has 0 aliphatic rings. The van der Waals surface area contributed by atoms with E-state index in [9.17, 15) is 0 Å². The van der Waals surface area contributed by atoms with Gasteiger partial charge in [-0.1, -0.05) is 55.5 Å². The summed E-state index contributed by atoms with van der Waals surface area (Å²) in [6.07, 6.45) is 0.952. The van der Waals surface area contributed by atoms with Gasteiger partial charge in [-0.25, -0.2) is 4.98 Å². The third-order valence-electron chi connectivity index (χ3n) is 3.67. The van der Waals surface area contributed by atoms with Crippen molar-refractivity contribution in [3.05, 3.63) is 66.2 Å². The van der Waals surface area contributed by atoms with Crippen molar-refractivity contribution in [3.8, 4) is 11.3 Å². The largest absolute Gasteiger partial charge is 0.324 e. The van der Waals surface area contributed by atoms with Gasteiger partial charge in [0.15, 0.2) is 0 Å². The predicted molar refractivity (Wildman–Crippen MR) is 84.4 cm³/mol. The zero-order valence-corrected chi connectivity index (χ0v) is 11.6. The number of benzene rings is 2. The van der Waals surface area contributed by atoms with Gasteiger partial charge >= 0.3 is 0 Å². The number of rotatable bonds is 3. The zero-order valence-electron chi connectivity index (χ0n) is 11.6. The van der Waals surface area contributed by atoms with E-state index in [-0.39, 0.29) is 6.04 Å². The van der Waals surface area contributed by atoms with E-state index in [2.05, 4.69) is 49.4 Å². The van der Waals surface area contributed by atoms with Gasteiger partial charge in [-0.15, -0.1) is 0 Å². The molecule has 1 unspecified atom stereocenters. The molecule has 3 rings (SSSR count). The van der Waals surface area contributed by atoms with Crippen LogP contribution in [0, 0.1) is 0 Å². The van der Waals surface area contributed by atoms with Crippen LogP contribution in [0.2, 0.25) is 0 Å². The molecule has 0 radical (unpaired) electrons. The SMILES string of the molecule is CCC(N)c1ccc(-c2ccc3ccccc3n2)cc1. The van der Waals surface area contributed by atoms with Gasteiger partial charge in [0.1, 0.15) is 0 Å². The van der Waals surface area contributed by atoms with Crippen LogP contribution in [0.25, 0.3) is 22.2 Å². The first kappa shape index (κ1) is 12.8. The van der Waals surface area contributed by atoms with Gasteiger partial charge < -0.3 is 5.73 Å². The van der Waals surface area contributed by atoms with Crippen molar-refractivity contribution in [1.29, 1.82) is 0 Å². The molecule has 3 aromatic rings. The van der Waals surface area contributed by atoms with Crippen molar-refractivity contribution in [3.63, 3.8) is 0 Å². The lowest BCUT2D eigenvalue weighted by molar-refractivity contribution is 0.699. The standard InChI is InChI=1S/C18H18N2/c1-2-16(19)13-7-9-15(10-8-13)18-12-11-14-5-3-4-6-17(14)20-18/h3-12,16H,2,19H2,1H3. The van der Waals surface area contributed by atoms with Gasteiger partial charge in [0.25, 0.3) is 0 Å². The topological polar surface area (TPSA) is 38.9 Å². The van der Waals surface area contributed by atoms with Gasteiger partial charge in [-0.05, 0) is 24.1 Å². The molecule has 2 N–H and O–H groups in total. The molecule has 0 fully saturated rings. The van der Waals surface area contributed by atoms with Crippen LogP contribution >= 0.6 is 0 Å². The van der Waals surface area contributed by atoms with E-state index in [0.717, 1.165) is 23.2 Å². The van der Waals surface area contributed by atoms with Gasteiger partial charge in [0.05, 0.1) is 11.2 Å².